The fourth-order valence-corrected chi connectivity index (χ4v) is 2.73. The first-order valence-corrected chi connectivity index (χ1v) is 8.63. The fraction of sp³-hybridized carbons (Fsp3) is 0.667. The molecule has 0 amide bonds. The third-order valence-electron chi connectivity index (χ3n) is 4.21. The number of rotatable bonds is 9. The molecule has 0 aromatic heterocycles. The average molecular weight is 306 g/mol. The third-order valence-corrected chi connectivity index (χ3v) is 4.21. The number of nitrogens with one attached hydrogen (secondary N) is 1. The van der Waals surface area contributed by atoms with Crippen molar-refractivity contribution in [3.8, 4) is 5.75 Å². The first-order chi connectivity index (χ1) is 10.8. The minimum Gasteiger partial charge on any atom is -0.494 e. The predicted octanol–water partition coefficient (Wildman–Crippen LogP) is 2.58. The standard InChI is InChI=1S/C18H30N2O2/c1-2-3-4-15-22-17-7-5-16(6-8-17)18(21)9-12-20-13-10-19-11-14-20/h5-8,18-19,21H,2-4,9-15H2,1H3. The number of ether oxygens (including phenoxy) is 1. The maximum atomic E-state index is 10.3. The second-order valence-electron chi connectivity index (χ2n) is 6.02. The van der Waals surface area contributed by atoms with Gasteiger partial charge in [-0.25, -0.2) is 0 Å². The molecule has 2 rings (SSSR count). The Morgan fingerprint density at radius 3 is 2.59 bits per heavy atom. The fourth-order valence-electron chi connectivity index (χ4n) is 2.73. The lowest BCUT2D eigenvalue weighted by atomic mass is 10.1. The van der Waals surface area contributed by atoms with E-state index in [1.54, 1.807) is 0 Å². The van der Waals surface area contributed by atoms with Gasteiger partial charge in [0.25, 0.3) is 0 Å². The lowest BCUT2D eigenvalue weighted by molar-refractivity contribution is 0.136. The Bertz CT molecular complexity index is 402. The summed E-state index contributed by atoms with van der Waals surface area (Å²) in [5.74, 6) is 0.897. The zero-order chi connectivity index (χ0) is 15.6. The van der Waals surface area contributed by atoms with E-state index in [-0.39, 0.29) is 6.10 Å². The van der Waals surface area contributed by atoms with Gasteiger partial charge >= 0.3 is 0 Å². The molecule has 1 fully saturated rings. The van der Waals surface area contributed by atoms with Gasteiger partial charge in [0.2, 0.25) is 0 Å². The molecule has 0 radical (unpaired) electrons. The molecular formula is C18H30N2O2. The number of hydrogen-bond acceptors (Lipinski definition) is 4. The van der Waals surface area contributed by atoms with Crippen LogP contribution in [0.25, 0.3) is 0 Å². The number of hydrogen-bond donors (Lipinski definition) is 2. The molecule has 0 aliphatic carbocycles. The molecule has 4 nitrogen and oxygen atoms in total. The smallest absolute Gasteiger partial charge is 0.119 e. The van der Waals surface area contributed by atoms with Gasteiger partial charge in [0.05, 0.1) is 12.7 Å². The van der Waals surface area contributed by atoms with Crippen molar-refractivity contribution in [2.75, 3.05) is 39.3 Å². The van der Waals surface area contributed by atoms with Crippen molar-refractivity contribution >= 4 is 0 Å². The van der Waals surface area contributed by atoms with Crippen LogP contribution in [0.4, 0.5) is 0 Å². The Morgan fingerprint density at radius 1 is 1.18 bits per heavy atom. The topological polar surface area (TPSA) is 44.7 Å². The Labute approximate surface area is 134 Å². The van der Waals surface area contributed by atoms with Gasteiger partial charge in [-0.15, -0.1) is 0 Å². The second kappa shape index (κ2) is 9.82. The molecular weight excluding hydrogens is 276 g/mol. The van der Waals surface area contributed by atoms with E-state index in [9.17, 15) is 5.11 Å². The highest BCUT2D eigenvalue weighted by atomic mass is 16.5. The number of piperazine rings is 1. The van der Waals surface area contributed by atoms with Crippen LogP contribution in [0.1, 0.15) is 44.3 Å². The SMILES string of the molecule is CCCCCOc1ccc(C(O)CCN2CCNCC2)cc1. The van der Waals surface area contributed by atoms with Gasteiger partial charge in [-0.3, -0.25) is 0 Å². The van der Waals surface area contributed by atoms with Crippen LogP contribution in [0, 0.1) is 0 Å². The zero-order valence-electron chi connectivity index (χ0n) is 13.8. The summed E-state index contributed by atoms with van der Waals surface area (Å²) in [5, 5.41) is 13.7. The lowest BCUT2D eigenvalue weighted by Crippen LogP contribution is -2.44. The second-order valence-corrected chi connectivity index (χ2v) is 6.02. The van der Waals surface area contributed by atoms with Crippen molar-refractivity contribution in [1.29, 1.82) is 0 Å². The molecule has 1 heterocycles. The molecule has 22 heavy (non-hydrogen) atoms. The predicted molar refractivity (Wildman–Crippen MR) is 90.3 cm³/mol. The van der Waals surface area contributed by atoms with Crippen LogP contribution >= 0.6 is 0 Å². The first-order valence-electron chi connectivity index (χ1n) is 8.63. The molecule has 1 aliphatic heterocycles. The van der Waals surface area contributed by atoms with Crippen LogP contribution in [0.2, 0.25) is 0 Å². The molecule has 1 aliphatic rings. The van der Waals surface area contributed by atoms with E-state index < -0.39 is 0 Å². The minimum absolute atomic E-state index is 0.385. The van der Waals surface area contributed by atoms with Gasteiger partial charge in [0.15, 0.2) is 0 Å². The molecule has 1 aromatic carbocycles. The van der Waals surface area contributed by atoms with Crippen molar-refractivity contribution in [1.82, 2.24) is 10.2 Å². The minimum atomic E-state index is -0.385. The summed E-state index contributed by atoms with van der Waals surface area (Å²) in [6.45, 7) is 8.20. The summed E-state index contributed by atoms with van der Waals surface area (Å²) in [6.07, 6.45) is 3.93. The lowest BCUT2D eigenvalue weighted by Gasteiger charge is -2.28. The summed E-state index contributed by atoms with van der Waals surface area (Å²) in [4.78, 5) is 2.41. The molecule has 1 aromatic rings. The first kappa shape index (κ1) is 17.3. The van der Waals surface area contributed by atoms with Gasteiger partial charge in [-0.1, -0.05) is 31.9 Å². The number of aliphatic hydroxyl groups excluding tert-OH is 1. The Hall–Kier alpha value is -1.10. The van der Waals surface area contributed by atoms with Gasteiger partial charge in [0, 0.05) is 32.7 Å². The van der Waals surface area contributed by atoms with Crippen LogP contribution in [0.5, 0.6) is 5.75 Å². The van der Waals surface area contributed by atoms with Gasteiger partial charge in [0.1, 0.15) is 5.75 Å². The monoisotopic (exact) mass is 306 g/mol. The molecule has 0 bridgehead atoms. The highest BCUT2D eigenvalue weighted by molar-refractivity contribution is 5.28. The summed E-state index contributed by atoms with van der Waals surface area (Å²) >= 11 is 0. The van der Waals surface area contributed by atoms with E-state index in [2.05, 4.69) is 17.1 Å². The van der Waals surface area contributed by atoms with Crippen molar-refractivity contribution in [2.45, 2.75) is 38.7 Å². The molecule has 1 atom stereocenters. The molecule has 0 saturated carbocycles. The largest absolute Gasteiger partial charge is 0.494 e. The van der Waals surface area contributed by atoms with E-state index in [4.69, 9.17) is 4.74 Å². The Balaban J connectivity index is 1.71. The van der Waals surface area contributed by atoms with E-state index in [0.29, 0.717) is 0 Å². The van der Waals surface area contributed by atoms with Gasteiger partial charge in [-0.05, 0) is 30.5 Å². The molecule has 4 heteroatoms. The highest BCUT2D eigenvalue weighted by Gasteiger charge is 2.13. The third kappa shape index (κ3) is 5.95. The normalized spacial score (nSPS) is 17.4. The Morgan fingerprint density at radius 2 is 1.91 bits per heavy atom. The number of nitrogens with zero attached hydrogens (tertiary/aromatic N) is 1. The van der Waals surface area contributed by atoms with Crippen molar-refractivity contribution in [3.05, 3.63) is 29.8 Å². The van der Waals surface area contributed by atoms with Crippen LogP contribution in [-0.2, 0) is 0 Å². The van der Waals surface area contributed by atoms with E-state index in [1.165, 1.54) is 12.8 Å². The number of benzene rings is 1. The maximum Gasteiger partial charge on any atom is 0.119 e. The number of aliphatic hydroxyl groups is 1. The average Bonchev–Trinajstić information content (AvgIpc) is 2.58. The van der Waals surface area contributed by atoms with E-state index in [1.807, 2.05) is 24.3 Å². The molecule has 0 spiro atoms. The zero-order valence-corrected chi connectivity index (χ0v) is 13.8. The van der Waals surface area contributed by atoms with Gasteiger partial charge < -0.3 is 20.1 Å². The van der Waals surface area contributed by atoms with Crippen LogP contribution in [-0.4, -0.2) is 49.3 Å². The van der Waals surface area contributed by atoms with E-state index >= 15 is 0 Å². The van der Waals surface area contributed by atoms with Crippen LogP contribution in [0.15, 0.2) is 24.3 Å². The van der Waals surface area contributed by atoms with Crippen LogP contribution < -0.4 is 10.1 Å². The summed E-state index contributed by atoms with van der Waals surface area (Å²) < 4.78 is 5.70. The van der Waals surface area contributed by atoms with Crippen LogP contribution in [0.3, 0.4) is 0 Å². The Kier molecular flexibility index (Phi) is 7.71. The molecule has 1 unspecified atom stereocenters. The summed E-state index contributed by atoms with van der Waals surface area (Å²) in [5.41, 5.74) is 0.982. The maximum absolute atomic E-state index is 10.3. The van der Waals surface area contributed by atoms with Crippen molar-refractivity contribution in [2.24, 2.45) is 0 Å². The molecule has 124 valence electrons. The highest BCUT2D eigenvalue weighted by Crippen LogP contribution is 2.21. The summed E-state index contributed by atoms with van der Waals surface area (Å²) in [6, 6.07) is 7.90. The molecule has 1 saturated heterocycles. The van der Waals surface area contributed by atoms with Crippen molar-refractivity contribution in [3.63, 3.8) is 0 Å². The molecule has 2 N–H and O–H groups in total. The summed E-state index contributed by atoms with van der Waals surface area (Å²) in [7, 11) is 0. The van der Waals surface area contributed by atoms with Crippen molar-refractivity contribution < 1.29 is 9.84 Å². The quantitative estimate of drug-likeness (QED) is 0.688. The van der Waals surface area contributed by atoms with E-state index in [0.717, 1.165) is 63.5 Å². The van der Waals surface area contributed by atoms with Gasteiger partial charge in [-0.2, -0.15) is 0 Å². The number of unbranched alkanes of at least 4 members (excludes halogenated alkanes) is 2.